The number of amides is 2. The fourth-order valence-corrected chi connectivity index (χ4v) is 6.62. The number of rotatable bonds is 9. The lowest BCUT2D eigenvalue weighted by Crippen LogP contribution is -2.48. The second kappa shape index (κ2) is 16.8. The molecule has 1 aliphatic rings. The van der Waals surface area contributed by atoms with Gasteiger partial charge in [0.15, 0.2) is 0 Å². The molecule has 12 heteroatoms. The summed E-state index contributed by atoms with van der Waals surface area (Å²) in [5.41, 5.74) is 0.917. The van der Waals surface area contributed by atoms with Gasteiger partial charge in [-0.1, -0.05) is 25.1 Å². The molecule has 3 aromatic carbocycles. The van der Waals surface area contributed by atoms with Gasteiger partial charge in [0.2, 0.25) is 0 Å². The molecule has 0 unspecified atom stereocenters. The Hall–Kier alpha value is -4.13. The second-order valence-electron chi connectivity index (χ2n) is 12.3. The van der Waals surface area contributed by atoms with E-state index < -0.39 is 28.1 Å². The first kappa shape index (κ1) is 36.7. The number of ether oxygens (including phenoxy) is 3. The summed E-state index contributed by atoms with van der Waals surface area (Å²) < 4.78 is 46.8. The Morgan fingerprint density at radius 2 is 1.79 bits per heavy atom. The van der Waals surface area contributed by atoms with E-state index in [1.807, 2.05) is 32.0 Å². The van der Waals surface area contributed by atoms with Crippen molar-refractivity contribution in [3.05, 3.63) is 83.9 Å². The number of aliphatic hydroxyl groups excluding tert-OH is 1. The topological polar surface area (TPSA) is 135 Å². The number of nitrogens with zero attached hydrogens (tertiary/aromatic N) is 2. The number of fused-ring (bicyclic) bond motifs is 1. The van der Waals surface area contributed by atoms with E-state index >= 15 is 0 Å². The van der Waals surface area contributed by atoms with Crippen LogP contribution in [-0.2, 0) is 14.8 Å². The maximum absolute atomic E-state index is 14.4. The summed E-state index contributed by atoms with van der Waals surface area (Å²) in [6.07, 6.45) is 1.66. The van der Waals surface area contributed by atoms with Crippen LogP contribution in [0.15, 0.2) is 77.7 Å². The minimum absolute atomic E-state index is 0.0330. The molecular weight excluding hydrogens is 634 g/mol. The van der Waals surface area contributed by atoms with Crippen molar-refractivity contribution in [1.29, 1.82) is 0 Å². The molecule has 0 spiro atoms. The summed E-state index contributed by atoms with van der Waals surface area (Å²) in [5.74, 6) is 0.0387. The maximum Gasteiger partial charge on any atom is 0.261 e. The highest BCUT2D eigenvalue weighted by Crippen LogP contribution is 2.30. The first-order chi connectivity index (χ1) is 22.9. The molecule has 4 atom stereocenters. The van der Waals surface area contributed by atoms with Gasteiger partial charge in [0.05, 0.1) is 42.4 Å². The van der Waals surface area contributed by atoms with Gasteiger partial charge < -0.3 is 29.1 Å². The van der Waals surface area contributed by atoms with Crippen LogP contribution in [0.3, 0.4) is 0 Å². The second-order valence-corrected chi connectivity index (χ2v) is 14.0. The van der Waals surface area contributed by atoms with Crippen LogP contribution in [0, 0.1) is 5.92 Å². The van der Waals surface area contributed by atoms with Gasteiger partial charge in [0.1, 0.15) is 11.5 Å². The number of hydrogen-bond donors (Lipinski definition) is 2. The number of carbonyl (C=O) groups excluding carboxylic acids is 2. The first-order valence-corrected chi connectivity index (χ1v) is 17.7. The van der Waals surface area contributed by atoms with Gasteiger partial charge in [0, 0.05) is 43.9 Å². The van der Waals surface area contributed by atoms with E-state index in [-0.39, 0.29) is 47.2 Å². The molecule has 260 valence electrons. The molecule has 1 heterocycles. The molecule has 0 aromatic heterocycles. The SMILES string of the molecule is COc1ccc(S(=O)(=O)Nc2ccc3c(c2)C(=O)N([C@@H](C)CO)C[C@H](C)[C@@H](CN(C)C(=O)c2ccccc2)OCCCC[C@@H](C)O3)cc1. The fraction of sp³-hybridized carbons (Fsp3) is 0.444. The Labute approximate surface area is 283 Å². The molecule has 0 radical (unpaired) electrons. The van der Waals surface area contributed by atoms with E-state index in [1.54, 1.807) is 60.2 Å². The zero-order valence-corrected chi connectivity index (χ0v) is 29.1. The van der Waals surface area contributed by atoms with Crippen LogP contribution in [0.4, 0.5) is 5.69 Å². The van der Waals surface area contributed by atoms with Gasteiger partial charge in [-0.25, -0.2) is 8.42 Å². The van der Waals surface area contributed by atoms with Gasteiger partial charge in [-0.2, -0.15) is 0 Å². The van der Waals surface area contributed by atoms with E-state index in [4.69, 9.17) is 14.2 Å². The van der Waals surface area contributed by atoms with Gasteiger partial charge >= 0.3 is 0 Å². The molecule has 2 amide bonds. The van der Waals surface area contributed by atoms with Gasteiger partial charge in [0.25, 0.3) is 21.8 Å². The molecule has 0 saturated carbocycles. The monoisotopic (exact) mass is 681 g/mol. The Balaban J connectivity index is 1.65. The summed E-state index contributed by atoms with van der Waals surface area (Å²) in [5, 5.41) is 10.2. The number of anilines is 1. The van der Waals surface area contributed by atoms with Crippen molar-refractivity contribution in [1.82, 2.24) is 9.80 Å². The number of nitrogens with one attached hydrogen (secondary N) is 1. The van der Waals surface area contributed by atoms with E-state index in [2.05, 4.69) is 4.72 Å². The van der Waals surface area contributed by atoms with E-state index in [9.17, 15) is 23.1 Å². The number of benzene rings is 3. The lowest BCUT2D eigenvalue weighted by molar-refractivity contribution is -0.0149. The maximum atomic E-state index is 14.4. The Morgan fingerprint density at radius 1 is 1.08 bits per heavy atom. The third kappa shape index (κ3) is 9.48. The largest absolute Gasteiger partial charge is 0.497 e. The van der Waals surface area contributed by atoms with Crippen LogP contribution in [-0.4, -0.2) is 93.8 Å². The predicted octanol–water partition coefficient (Wildman–Crippen LogP) is 5.06. The van der Waals surface area contributed by atoms with Crippen LogP contribution in [0.5, 0.6) is 11.5 Å². The van der Waals surface area contributed by atoms with Crippen molar-refractivity contribution >= 4 is 27.5 Å². The highest BCUT2D eigenvalue weighted by atomic mass is 32.2. The minimum atomic E-state index is -3.99. The third-order valence-corrected chi connectivity index (χ3v) is 9.89. The van der Waals surface area contributed by atoms with Gasteiger partial charge in [-0.15, -0.1) is 0 Å². The van der Waals surface area contributed by atoms with Crippen molar-refractivity contribution in [2.45, 2.75) is 63.2 Å². The molecule has 2 N–H and O–H groups in total. The lowest BCUT2D eigenvalue weighted by Gasteiger charge is -2.36. The molecule has 48 heavy (non-hydrogen) atoms. The average molecular weight is 682 g/mol. The number of sulfonamides is 1. The van der Waals surface area contributed by atoms with E-state index in [0.29, 0.717) is 36.6 Å². The molecule has 0 bridgehead atoms. The number of hydrogen-bond acceptors (Lipinski definition) is 8. The zero-order chi connectivity index (χ0) is 34.8. The van der Waals surface area contributed by atoms with Gasteiger partial charge in [-0.3, -0.25) is 14.3 Å². The molecule has 3 aromatic rings. The fourth-order valence-electron chi connectivity index (χ4n) is 5.57. The molecule has 1 aliphatic heterocycles. The Bertz CT molecular complexity index is 1620. The normalized spacial score (nSPS) is 20.1. The standard InChI is InChI=1S/C36H47N3O8S/c1-25-22-39(26(2)24-40)36(42)32-21-29(37-48(43,44)31-17-15-30(45-5)16-18-31)14-19-33(32)47-27(3)11-9-10-20-46-34(25)23-38(4)35(41)28-12-7-6-8-13-28/h6-8,12-19,21,25-27,34,37,40H,9-11,20,22-24H2,1-5H3/t25-,26-,27+,34+/m0/s1. The van der Waals surface area contributed by atoms with Crippen LogP contribution < -0.4 is 14.2 Å². The molecule has 0 aliphatic carbocycles. The van der Waals surface area contributed by atoms with E-state index in [0.717, 1.165) is 12.8 Å². The van der Waals surface area contributed by atoms with Gasteiger partial charge in [-0.05, 0) is 87.7 Å². The molecular formula is C36H47N3O8S. The predicted molar refractivity (Wildman–Crippen MR) is 184 cm³/mol. The molecule has 11 nitrogen and oxygen atoms in total. The van der Waals surface area contributed by atoms with Crippen molar-refractivity contribution in [3.63, 3.8) is 0 Å². The Kier molecular flexibility index (Phi) is 12.9. The molecule has 4 rings (SSSR count). The number of carbonyl (C=O) groups is 2. The van der Waals surface area contributed by atoms with E-state index in [1.165, 1.54) is 25.3 Å². The van der Waals surface area contributed by atoms with Crippen molar-refractivity contribution in [2.75, 3.05) is 45.2 Å². The quantitative estimate of drug-likeness (QED) is 0.320. The zero-order valence-electron chi connectivity index (χ0n) is 28.3. The van der Waals surface area contributed by atoms with Crippen LogP contribution in [0.1, 0.15) is 60.7 Å². The smallest absolute Gasteiger partial charge is 0.261 e. The lowest BCUT2D eigenvalue weighted by atomic mass is 10.0. The Morgan fingerprint density at radius 3 is 2.46 bits per heavy atom. The number of aliphatic hydroxyl groups is 1. The third-order valence-electron chi connectivity index (χ3n) is 8.49. The highest BCUT2D eigenvalue weighted by molar-refractivity contribution is 7.92. The number of methoxy groups -OCH3 is 1. The molecule has 0 saturated heterocycles. The summed E-state index contributed by atoms with van der Waals surface area (Å²) in [7, 11) is -0.758. The minimum Gasteiger partial charge on any atom is -0.497 e. The average Bonchev–Trinajstić information content (AvgIpc) is 3.09. The number of likely N-dealkylation sites (N-methyl/N-ethyl adjacent to an activating group) is 1. The van der Waals surface area contributed by atoms with Crippen LogP contribution >= 0.6 is 0 Å². The van der Waals surface area contributed by atoms with Crippen LogP contribution in [0.25, 0.3) is 0 Å². The summed E-state index contributed by atoms with van der Waals surface area (Å²) in [6, 6.07) is 19.1. The summed E-state index contributed by atoms with van der Waals surface area (Å²) in [6.45, 7) is 6.31. The van der Waals surface area contributed by atoms with Crippen molar-refractivity contribution in [2.24, 2.45) is 5.92 Å². The molecule has 0 fully saturated rings. The van der Waals surface area contributed by atoms with Crippen LogP contribution in [0.2, 0.25) is 0 Å². The first-order valence-electron chi connectivity index (χ1n) is 16.2. The van der Waals surface area contributed by atoms with Crippen molar-refractivity contribution in [3.8, 4) is 11.5 Å². The highest BCUT2D eigenvalue weighted by Gasteiger charge is 2.31. The summed E-state index contributed by atoms with van der Waals surface area (Å²) >= 11 is 0. The summed E-state index contributed by atoms with van der Waals surface area (Å²) in [4.78, 5) is 30.8. The van der Waals surface area contributed by atoms with Crippen molar-refractivity contribution < 1.29 is 37.3 Å².